The molecule has 0 aromatic heterocycles. The lowest BCUT2D eigenvalue weighted by atomic mass is 10.0. The minimum atomic E-state index is -0.443. The maximum Gasteiger partial charge on any atom is 0.317 e. The van der Waals surface area contributed by atoms with E-state index in [4.69, 9.17) is 0 Å². The van der Waals surface area contributed by atoms with E-state index in [1.54, 1.807) is 11.0 Å². The van der Waals surface area contributed by atoms with Crippen molar-refractivity contribution in [1.29, 1.82) is 0 Å². The number of urea groups is 1. The van der Waals surface area contributed by atoms with Gasteiger partial charge in [0, 0.05) is 24.7 Å². The van der Waals surface area contributed by atoms with Crippen LogP contribution in [0.25, 0.3) is 6.08 Å². The van der Waals surface area contributed by atoms with Crippen molar-refractivity contribution in [2.24, 2.45) is 0 Å². The van der Waals surface area contributed by atoms with Crippen molar-refractivity contribution in [2.45, 2.75) is 31.7 Å². The van der Waals surface area contributed by atoms with E-state index in [0.29, 0.717) is 25.9 Å². The number of amides is 2. The van der Waals surface area contributed by atoms with Gasteiger partial charge in [-0.1, -0.05) is 11.6 Å². The first-order chi connectivity index (χ1) is 11.6. The SMILES string of the molecule is Cl.O=C(NC1CCNCC1)N1CCC(=Cc2cc(F)ccc2F)CC1. The molecule has 3 rings (SSSR count). The summed E-state index contributed by atoms with van der Waals surface area (Å²) in [4.78, 5) is 14.1. The Morgan fingerprint density at radius 3 is 2.56 bits per heavy atom. The zero-order chi connectivity index (χ0) is 16.9. The van der Waals surface area contributed by atoms with E-state index in [2.05, 4.69) is 10.6 Å². The number of rotatable bonds is 2. The van der Waals surface area contributed by atoms with Gasteiger partial charge in [0.05, 0.1) is 0 Å². The topological polar surface area (TPSA) is 44.4 Å². The van der Waals surface area contributed by atoms with Crippen molar-refractivity contribution in [2.75, 3.05) is 26.2 Å². The van der Waals surface area contributed by atoms with Gasteiger partial charge in [0.1, 0.15) is 11.6 Å². The Morgan fingerprint density at radius 2 is 1.88 bits per heavy atom. The Morgan fingerprint density at radius 1 is 1.20 bits per heavy atom. The van der Waals surface area contributed by atoms with Crippen LogP contribution in [0, 0.1) is 11.6 Å². The van der Waals surface area contributed by atoms with Crippen LogP contribution >= 0.6 is 12.4 Å². The van der Waals surface area contributed by atoms with Crippen LogP contribution in [0.3, 0.4) is 0 Å². The number of halogens is 3. The standard InChI is InChI=1S/C18H23F2N3O.ClH/c19-15-1-2-17(20)14(12-15)11-13-5-9-23(10-6-13)18(24)22-16-3-7-21-8-4-16;/h1-2,11-12,16,21H,3-10H2,(H,22,24);1H. The van der Waals surface area contributed by atoms with Crippen LogP contribution in [-0.4, -0.2) is 43.2 Å². The minimum Gasteiger partial charge on any atom is -0.335 e. The zero-order valence-corrected chi connectivity index (χ0v) is 14.9. The molecule has 2 aliphatic rings. The molecule has 0 spiro atoms. The molecule has 0 radical (unpaired) electrons. The van der Waals surface area contributed by atoms with E-state index in [0.717, 1.165) is 43.6 Å². The quantitative estimate of drug-likeness (QED) is 0.837. The van der Waals surface area contributed by atoms with E-state index >= 15 is 0 Å². The van der Waals surface area contributed by atoms with Crippen molar-refractivity contribution in [3.63, 3.8) is 0 Å². The van der Waals surface area contributed by atoms with Gasteiger partial charge in [-0.3, -0.25) is 0 Å². The van der Waals surface area contributed by atoms with Gasteiger partial charge >= 0.3 is 6.03 Å². The lowest BCUT2D eigenvalue weighted by Crippen LogP contribution is -2.49. The second-order valence-electron chi connectivity index (χ2n) is 6.43. The fourth-order valence-electron chi connectivity index (χ4n) is 3.22. The summed E-state index contributed by atoms with van der Waals surface area (Å²) in [5.74, 6) is -0.864. The van der Waals surface area contributed by atoms with Crippen molar-refractivity contribution in [1.82, 2.24) is 15.5 Å². The lowest BCUT2D eigenvalue weighted by Gasteiger charge is -2.31. The number of carbonyl (C=O) groups is 1. The summed E-state index contributed by atoms with van der Waals surface area (Å²) in [7, 11) is 0. The van der Waals surface area contributed by atoms with Crippen molar-refractivity contribution >= 4 is 24.5 Å². The predicted molar refractivity (Wildman–Crippen MR) is 96.8 cm³/mol. The number of nitrogens with one attached hydrogen (secondary N) is 2. The number of likely N-dealkylation sites (tertiary alicyclic amines) is 1. The molecule has 0 atom stereocenters. The van der Waals surface area contributed by atoms with Gasteiger partial charge in [-0.2, -0.15) is 0 Å². The fraction of sp³-hybridized carbons (Fsp3) is 0.500. The van der Waals surface area contributed by atoms with E-state index in [1.807, 2.05) is 0 Å². The van der Waals surface area contributed by atoms with Crippen LogP contribution in [-0.2, 0) is 0 Å². The third kappa shape index (κ3) is 5.41. The molecule has 0 aliphatic carbocycles. The second-order valence-corrected chi connectivity index (χ2v) is 6.43. The van der Waals surface area contributed by atoms with Crippen LogP contribution in [0.1, 0.15) is 31.2 Å². The number of carbonyl (C=O) groups excluding carboxylic acids is 1. The van der Waals surface area contributed by atoms with E-state index < -0.39 is 11.6 Å². The Hall–Kier alpha value is -1.66. The van der Waals surface area contributed by atoms with E-state index in [9.17, 15) is 13.6 Å². The number of piperidine rings is 2. The summed E-state index contributed by atoms with van der Waals surface area (Å²) in [6.45, 7) is 3.10. The predicted octanol–water partition coefficient (Wildman–Crippen LogP) is 3.33. The summed E-state index contributed by atoms with van der Waals surface area (Å²) in [5.41, 5.74) is 1.32. The highest BCUT2D eigenvalue weighted by Crippen LogP contribution is 2.21. The summed E-state index contributed by atoms with van der Waals surface area (Å²) in [6.07, 6.45) is 5.01. The van der Waals surface area contributed by atoms with E-state index in [1.165, 1.54) is 6.07 Å². The first-order valence-corrected chi connectivity index (χ1v) is 8.52. The van der Waals surface area contributed by atoms with Gasteiger partial charge in [0.15, 0.2) is 0 Å². The third-order valence-electron chi connectivity index (χ3n) is 4.68. The lowest BCUT2D eigenvalue weighted by molar-refractivity contribution is 0.187. The minimum absolute atomic E-state index is 0. The molecule has 2 aliphatic heterocycles. The Bertz CT molecular complexity index is 623. The molecule has 1 aromatic rings. The molecule has 7 heteroatoms. The molecule has 2 saturated heterocycles. The van der Waals surface area contributed by atoms with Gasteiger partial charge in [-0.15, -0.1) is 12.4 Å². The molecule has 0 bridgehead atoms. The molecule has 2 heterocycles. The van der Waals surface area contributed by atoms with E-state index in [-0.39, 0.29) is 30.0 Å². The molecule has 138 valence electrons. The average Bonchev–Trinajstić information content (AvgIpc) is 2.60. The highest BCUT2D eigenvalue weighted by molar-refractivity contribution is 5.85. The monoisotopic (exact) mass is 371 g/mol. The first-order valence-electron chi connectivity index (χ1n) is 8.52. The molecule has 25 heavy (non-hydrogen) atoms. The normalized spacial score (nSPS) is 18.5. The van der Waals surface area contributed by atoms with Gasteiger partial charge in [0.25, 0.3) is 0 Å². The maximum absolute atomic E-state index is 13.7. The largest absolute Gasteiger partial charge is 0.335 e. The molecule has 1 aromatic carbocycles. The van der Waals surface area contributed by atoms with Crippen molar-refractivity contribution in [3.05, 3.63) is 41.0 Å². The van der Waals surface area contributed by atoms with Gasteiger partial charge in [-0.05, 0) is 57.0 Å². The third-order valence-corrected chi connectivity index (χ3v) is 4.68. The van der Waals surface area contributed by atoms with Gasteiger partial charge in [0.2, 0.25) is 0 Å². The van der Waals surface area contributed by atoms with Crippen molar-refractivity contribution in [3.8, 4) is 0 Å². The fourth-order valence-corrected chi connectivity index (χ4v) is 3.22. The Labute approximate surface area is 153 Å². The summed E-state index contributed by atoms with van der Waals surface area (Å²) in [6, 6.07) is 3.70. The number of benzene rings is 1. The number of hydrogen-bond donors (Lipinski definition) is 2. The summed E-state index contributed by atoms with van der Waals surface area (Å²) in [5, 5.41) is 6.36. The highest BCUT2D eigenvalue weighted by Gasteiger charge is 2.22. The zero-order valence-electron chi connectivity index (χ0n) is 14.1. The average molecular weight is 372 g/mol. The summed E-state index contributed by atoms with van der Waals surface area (Å²) >= 11 is 0. The first kappa shape index (κ1) is 19.7. The summed E-state index contributed by atoms with van der Waals surface area (Å²) < 4.78 is 26.9. The molecular formula is C18H24ClF2N3O. The smallest absolute Gasteiger partial charge is 0.317 e. The molecular weight excluding hydrogens is 348 g/mol. The molecule has 2 N–H and O–H groups in total. The van der Waals surface area contributed by atoms with Gasteiger partial charge < -0.3 is 15.5 Å². The Balaban J connectivity index is 0.00000225. The van der Waals surface area contributed by atoms with Gasteiger partial charge in [-0.25, -0.2) is 13.6 Å². The number of hydrogen-bond acceptors (Lipinski definition) is 2. The maximum atomic E-state index is 13.7. The van der Waals surface area contributed by atoms with Crippen LogP contribution in [0.2, 0.25) is 0 Å². The molecule has 4 nitrogen and oxygen atoms in total. The number of nitrogens with zero attached hydrogens (tertiary/aromatic N) is 1. The van der Waals surface area contributed by atoms with Crippen LogP contribution in [0.5, 0.6) is 0 Å². The van der Waals surface area contributed by atoms with Crippen LogP contribution < -0.4 is 10.6 Å². The Kier molecular flexibility index (Phi) is 7.20. The van der Waals surface area contributed by atoms with Crippen molar-refractivity contribution < 1.29 is 13.6 Å². The molecule has 2 amide bonds. The van der Waals surface area contributed by atoms with Crippen LogP contribution in [0.4, 0.5) is 13.6 Å². The molecule has 0 unspecified atom stereocenters. The second kappa shape index (κ2) is 9.15. The molecule has 0 saturated carbocycles. The van der Waals surface area contributed by atoms with Crippen LogP contribution in [0.15, 0.2) is 23.8 Å². The molecule has 2 fully saturated rings. The highest BCUT2D eigenvalue weighted by atomic mass is 35.5.